The summed E-state index contributed by atoms with van der Waals surface area (Å²) in [7, 11) is 0. The average Bonchev–Trinajstić information content (AvgIpc) is 3.51. The largest absolute Gasteiger partial charge is 2.00 e. The topological polar surface area (TPSA) is 83.3 Å². The van der Waals surface area contributed by atoms with Crippen LogP contribution in [-0.4, -0.2) is 49.5 Å². The van der Waals surface area contributed by atoms with E-state index in [1.165, 1.54) is 25.7 Å². The molecule has 3 aliphatic rings. The van der Waals surface area contributed by atoms with Gasteiger partial charge in [0.25, 0.3) is 0 Å². The molecule has 0 unspecified atom stereocenters. The van der Waals surface area contributed by atoms with Crippen LogP contribution in [0.15, 0.2) is 9.98 Å². The standard InChI is InChI=1S/C18H32N2O2.2C4H8O.Eu.HI/c1-10-16(6,7)12-13(17(8,9)11-2)20-18(19-12,14(21)22)15(3,4)5;2*1-2-4-5-3-1;;/h10-11H2,1-9H3,(H,21,22);2*1-4H2;;1H/q;;;+2;/p-2. The minimum atomic E-state index is -1.53. The number of nitrogens with zero attached hydrogens (tertiary/aromatic N) is 2. The van der Waals surface area contributed by atoms with Gasteiger partial charge < -0.3 is 43.4 Å². The average molecular weight is 731 g/mol. The van der Waals surface area contributed by atoms with Crippen LogP contribution in [0, 0.1) is 65.6 Å². The quantitative estimate of drug-likeness (QED) is 0.405. The number of halogens is 1. The summed E-state index contributed by atoms with van der Waals surface area (Å²) in [6.45, 7) is 22.1. The van der Waals surface area contributed by atoms with Crippen molar-refractivity contribution in [2.45, 2.75) is 107 Å². The third kappa shape index (κ3) is 10.1. The van der Waals surface area contributed by atoms with Gasteiger partial charge in [-0.1, -0.05) is 62.3 Å². The van der Waals surface area contributed by atoms with Crippen molar-refractivity contribution < 1.29 is 92.7 Å². The number of carbonyl (C=O) groups is 1. The van der Waals surface area contributed by atoms with Crippen molar-refractivity contribution >= 4 is 17.4 Å². The van der Waals surface area contributed by atoms with E-state index in [1.54, 1.807) is 0 Å². The summed E-state index contributed by atoms with van der Waals surface area (Å²) in [6, 6.07) is 0. The van der Waals surface area contributed by atoms with E-state index in [4.69, 9.17) is 9.47 Å². The maximum atomic E-state index is 12.0. The Morgan fingerprint density at radius 3 is 1.24 bits per heavy atom. The molecule has 6 nitrogen and oxygen atoms in total. The van der Waals surface area contributed by atoms with Crippen molar-refractivity contribution in [3.05, 3.63) is 0 Å². The fraction of sp³-hybridized carbons (Fsp3) is 0.885. The summed E-state index contributed by atoms with van der Waals surface area (Å²) in [5.41, 5.74) is -0.966. The second kappa shape index (κ2) is 16.1. The zero-order valence-electron chi connectivity index (χ0n) is 22.9. The molecule has 0 amide bonds. The fourth-order valence-electron chi connectivity index (χ4n) is 3.49. The summed E-state index contributed by atoms with van der Waals surface area (Å²) in [5.74, 6) is -1.22. The number of carbonyl (C=O) groups excluding carboxylic acids is 1. The van der Waals surface area contributed by atoms with E-state index in [-0.39, 0.29) is 84.2 Å². The third-order valence-corrected chi connectivity index (χ3v) is 6.81. The Labute approximate surface area is 266 Å². The summed E-state index contributed by atoms with van der Waals surface area (Å²) in [4.78, 5) is 21.3. The summed E-state index contributed by atoms with van der Waals surface area (Å²) >= 11 is 0. The SMILES string of the molecule is C1CCOC1.C1CCOC1.CCC(C)(C)C1=NC(C(=O)[O-])(C(C)(C)C)N=C1C(C)(C)CC.[Eu+2].[I-]. The van der Waals surface area contributed by atoms with Crippen molar-refractivity contribution in [2.24, 2.45) is 26.2 Å². The van der Waals surface area contributed by atoms with E-state index in [2.05, 4.69) is 51.5 Å². The molecule has 3 rings (SSSR count). The molecule has 34 heavy (non-hydrogen) atoms. The molecule has 0 aromatic heterocycles. The Hall–Kier alpha value is 1.04. The van der Waals surface area contributed by atoms with Crippen LogP contribution in [0.4, 0.5) is 0 Å². The molecule has 2 fully saturated rings. The number of aliphatic imine (C=N–C) groups is 2. The van der Waals surface area contributed by atoms with Gasteiger partial charge in [0.1, 0.15) is 0 Å². The van der Waals surface area contributed by atoms with E-state index in [0.29, 0.717) is 0 Å². The maximum absolute atomic E-state index is 12.0. The molecule has 2 saturated heterocycles. The number of aliphatic carboxylic acids is 1. The third-order valence-electron chi connectivity index (χ3n) is 6.81. The molecule has 3 aliphatic heterocycles. The molecule has 0 saturated carbocycles. The van der Waals surface area contributed by atoms with Crippen LogP contribution in [0.5, 0.6) is 0 Å². The molecule has 0 spiro atoms. The van der Waals surface area contributed by atoms with Gasteiger partial charge in [0, 0.05) is 42.7 Å². The van der Waals surface area contributed by atoms with Crippen LogP contribution < -0.4 is 29.1 Å². The molecule has 0 atom stereocenters. The van der Waals surface area contributed by atoms with Gasteiger partial charge in [-0.15, -0.1) is 0 Å². The van der Waals surface area contributed by atoms with Gasteiger partial charge in [0.15, 0.2) is 5.66 Å². The summed E-state index contributed by atoms with van der Waals surface area (Å²) < 4.78 is 9.89. The Morgan fingerprint density at radius 2 is 1.09 bits per heavy atom. The van der Waals surface area contributed by atoms with Crippen molar-refractivity contribution in [3.63, 3.8) is 0 Å². The van der Waals surface area contributed by atoms with Gasteiger partial charge in [-0.2, -0.15) is 0 Å². The molecule has 0 aliphatic carbocycles. The Balaban J connectivity index is 0. The molecule has 1 radical (unpaired) electrons. The second-order valence-corrected chi connectivity index (χ2v) is 11.2. The second-order valence-electron chi connectivity index (χ2n) is 11.2. The van der Waals surface area contributed by atoms with Crippen molar-refractivity contribution in [1.29, 1.82) is 0 Å². The molecular weight excluding hydrogens is 683 g/mol. The monoisotopic (exact) mass is 731 g/mol. The van der Waals surface area contributed by atoms with Gasteiger partial charge >= 0.3 is 49.4 Å². The summed E-state index contributed by atoms with van der Waals surface area (Å²) in [6.07, 6.45) is 6.86. The summed E-state index contributed by atoms with van der Waals surface area (Å²) in [5, 5.41) is 12.0. The molecular formula is C26H47EuIN2O4. The number of ether oxygens (including phenoxy) is 2. The minimum Gasteiger partial charge on any atom is -1.00 e. The zero-order valence-corrected chi connectivity index (χ0v) is 27.4. The van der Waals surface area contributed by atoms with E-state index in [9.17, 15) is 9.90 Å². The van der Waals surface area contributed by atoms with E-state index >= 15 is 0 Å². The number of hydrogen-bond acceptors (Lipinski definition) is 6. The fourth-order valence-corrected chi connectivity index (χ4v) is 3.49. The number of carboxylic acids is 1. The van der Waals surface area contributed by atoms with Crippen molar-refractivity contribution in [3.8, 4) is 0 Å². The van der Waals surface area contributed by atoms with Crippen LogP contribution in [0.3, 0.4) is 0 Å². The molecule has 199 valence electrons. The zero-order chi connectivity index (χ0) is 24.6. The number of hydrogen-bond donors (Lipinski definition) is 0. The molecule has 3 heterocycles. The normalized spacial score (nSPS) is 19.3. The predicted octanol–water partition coefficient (Wildman–Crippen LogP) is 1.84. The molecule has 8 heteroatoms. The smallest absolute Gasteiger partial charge is 1.00 e. The molecule has 0 aromatic carbocycles. The van der Waals surface area contributed by atoms with Crippen LogP contribution in [0.2, 0.25) is 0 Å². The first-order valence-electron chi connectivity index (χ1n) is 12.3. The number of rotatable bonds is 5. The Morgan fingerprint density at radius 1 is 0.794 bits per heavy atom. The molecule has 0 bridgehead atoms. The van der Waals surface area contributed by atoms with Crippen molar-refractivity contribution in [2.75, 3.05) is 26.4 Å². The Bertz CT molecular complexity index is 620. The van der Waals surface area contributed by atoms with E-state index in [1.807, 2.05) is 20.8 Å². The predicted molar refractivity (Wildman–Crippen MR) is 130 cm³/mol. The van der Waals surface area contributed by atoms with Gasteiger partial charge in [-0.25, -0.2) is 0 Å². The molecule has 0 N–H and O–H groups in total. The van der Waals surface area contributed by atoms with Gasteiger partial charge in [0.2, 0.25) is 0 Å². The minimum absolute atomic E-state index is 0. The first-order chi connectivity index (χ1) is 14.7. The van der Waals surface area contributed by atoms with Crippen LogP contribution >= 0.6 is 0 Å². The van der Waals surface area contributed by atoms with Crippen molar-refractivity contribution in [1.82, 2.24) is 0 Å². The van der Waals surface area contributed by atoms with E-state index in [0.717, 1.165) is 50.7 Å². The van der Waals surface area contributed by atoms with Gasteiger partial charge in [-0.3, -0.25) is 9.98 Å². The van der Waals surface area contributed by atoms with Crippen LogP contribution in [0.1, 0.15) is 101 Å². The van der Waals surface area contributed by atoms with Crippen LogP contribution in [0.25, 0.3) is 0 Å². The maximum Gasteiger partial charge on any atom is 2.00 e. The van der Waals surface area contributed by atoms with E-state index < -0.39 is 17.0 Å². The first kappa shape index (κ1) is 37.2. The first-order valence-corrected chi connectivity index (χ1v) is 12.3. The van der Waals surface area contributed by atoms with Crippen LogP contribution in [-0.2, 0) is 14.3 Å². The number of carboxylic acid groups (broad SMARTS) is 1. The van der Waals surface area contributed by atoms with Gasteiger partial charge in [0.05, 0.1) is 17.4 Å². The molecule has 0 aromatic rings. The van der Waals surface area contributed by atoms with Gasteiger partial charge in [-0.05, 0) is 38.5 Å². The Kier molecular flexibility index (Phi) is 17.6.